The quantitative estimate of drug-likeness (QED) is 0.550. The standard InChI is InChI=1S/C7H12NO/c1-5(2)7-6(9)3-4-8-7/h5,7-8H,1,3-4H2,2H3. The molecule has 0 aliphatic carbocycles. The minimum absolute atomic E-state index is 0.0324. The molecule has 0 aromatic heterocycles. The maximum Gasteiger partial charge on any atom is 0.151 e. The summed E-state index contributed by atoms with van der Waals surface area (Å²) in [7, 11) is 0. The molecule has 51 valence electrons. The highest BCUT2D eigenvalue weighted by Crippen LogP contribution is 2.09. The molecule has 0 aromatic carbocycles. The monoisotopic (exact) mass is 126 g/mol. The maximum atomic E-state index is 10.9. The second-order valence-electron chi connectivity index (χ2n) is 2.63. The average molecular weight is 126 g/mol. The molecule has 1 rings (SSSR count). The van der Waals surface area contributed by atoms with Gasteiger partial charge < -0.3 is 5.32 Å². The van der Waals surface area contributed by atoms with Crippen molar-refractivity contribution in [3.05, 3.63) is 6.92 Å². The summed E-state index contributed by atoms with van der Waals surface area (Å²) in [5, 5.41) is 3.09. The number of Topliss-reactive ketones (excluding diaryl/α,β-unsaturated/α-hetero) is 1. The first kappa shape index (κ1) is 6.75. The Labute approximate surface area is 55.6 Å². The van der Waals surface area contributed by atoms with E-state index in [0.29, 0.717) is 12.2 Å². The number of hydrogen-bond acceptors (Lipinski definition) is 2. The molecular weight excluding hydrogens is 114 g/mol. The van der Waals surface area contributed by atoms with E-state index in [9.17, 15) is 4.79 Å². The molecule has 1 fully saturated rings. The van der Waals surface area contributed by atoms with Gasteiger partial charge in [-0.15, -0.1) is 0 Å². The van der Waals surface area contributed by atoms with Crippen LogP contribution in [0.4, 0.5) is 0 Å². The predicted molar refractivity (Wildman–Crippen MR) is 35.9 cm³/mol. The van der Waals surface area contributed by atoms with Crippen molar-refractivity contribution in [2.24, 2.45) is 5.92 Å². The summed E-state index contributed by atoms with van der Waals surface area (Å²) in [5.41, 5.74) is 0. The molecule has 1 saturated heterocycles. The fourth-order valence-corrected chi connectivity index (χ4v) is 1.14. The van der Waals surface area contributed by atoms with Gasteiger partial charge in [-0.25, -0.2) is 0 Å². The third kappa shape index (κ3) is 1.30. The first-order valence-corrected chi connectivity index (χ1v) is 3.31. The number of hydrogen-bond donors (Lipinski definition) is 1. The number of nitrogens with one attached hydrogen (secondary N) is 1. The Hall–Kier alpha value is -0.370. The summed E-state index contributed by atoms with van der Waals surface area (Å²) in [5.74, 6) is 0.525. The van der Waals surface area contributed by atoms with Crippen molar-refractivity contribution in [1.29, 1.82) is 0 Å². The van der Waals surface area contributed by atoms with Crippen LogP contribution < -0.4 is 5.32 Å². The van der Waals surface area contributed by atoms with Crippen LogP contribution in [-0.4, -0.2) is 18.4 Å². The molecule has 0 amide bonds. The van der Waals surface area contributed by atoms with Crippen LogP contribution in [0.15, 0.2) is 0 Å². The largest absolute Gasteiger partial charge is 0.307 e. The van der Waals surface area contributed by atoms with Gasteiger partial charge in [-0.1, -0.05) is 6.92 Å². The Morgan fingerprint density at radius 3 is 2.78 bits per heavy atom. The zero-order valence-electron chi connectivity index (χ0n) is 5.68. The molecule has 1 aliphatic heterocycles. The molecule has 0 bridgehead atoms. The van der Waals surface area contributed by atoms with Crippen molar-refractivity contribution in [3.63, 3.8) is 0 Å². The van der Waals surface area contributed by atoms with Crippen molar-refractivity contribution in [3.8, 4) is 0 Å². The van der Waals surface area contributed by atoms with Crippen LogP contribution in [0.25, 0.3) is 0 Å². The third-order valence-electron chi connectivity index (χ3n) is 1.65. The molecule has 1 radical (unpaired) electrons. The van der Waals surface area contributed by atoms with Crippen molar-refractivity contribution in [2.75, 3.05) is 6.54 Å². The van der Waals surface area contributed by atoms with Gasteiger partial charge in [0, 0.05) is 13.0 Å². The number of carbonyl (C=O) groups is 1. The number of rotatable bonds is 1. The Morgan fingerprint density at radius 1 is 1.89 bits per heavy atom. The molecule has 2 unspecified atom stereocenters. The molecule has 0 spiro atoms. The highest BCUT2D eigenvalue weighted by molar-refractivity contribution is 5.86. The van der Waals surface area contributed by atoms with Gasteiger partial charge in [-0.3, -0.25) is 4.79 Å². The van der Waals surface area contributed by atoms with Gasteiger partial charge in [-0.05, 0) is 12.8 Å². The van der Waals surface area contributed by atoms with Gasteiger partial charge in [0.2, 0.25) is 0 Å². The second-order valence-corrected chi connectivity index (χ2v) is 2.63. The molecular formula is C7H12NO. The molecule has 0 saturated carbocycles. The van der Waals surface area contributed by atoms with Crippen LogP contribution in [0.3, 0.4) is 0 Å². The minimum atomic E-state index is 0.0324. The third-order valence-corrected chi connectivity index (χ3v) is 1.65. The Balaban J connectivity index is 2.49. The molecule has 2 atom stereocenters. The van der Waals surface area contributed by atoms with Crippen molar-refractivity contribution in [1.82, 2.24) is 5.32 Å². The zero-order valence-corrected chi connectivity index (χ0v) is 5.68. The van der Waals surface area contributed by atoms with Crippen molar-refractivity contribution < 1.29 is 4.79 Å². The van der Waals surface area contributed by atoms with E-state index >= 15 is 0 Å². The van der Waals surface area contributed by atoms with Crippen LogP contribution in [-0.2, 0) is 4.79 Å². The highest BCUT2D eigenvalue weighted by atomic mass is 16.1. The molecule has 2 heteroatoms. The van der Waals surface area contributed by atoms with Gasteiger partial charge >= 0.3 is 0 Å². The summed E-state index contributed by atoms with van der Waals surface area (Å²) in [6.45, 7) is 6.58. The minimum Gasteiger partial charge on any atom is -0.307 e. The molecule has 2 nitrogen and oxygen atoms in total. The van der Waals surface area contributed by atoms with E-state index in [1.165, 1.54) is 0 Å². The lowest BCUT2D eigenvalue weighted by Crippen LogP contribution is -2.32. The summed E-state index contributed by atoms with van der Waals surface area (Å²) >= 11 is 0. The van der Waals surface area contributed by atoms with E-state index in [2.05, 4.69) is 12.2 Å². The van der Waals surface area contributed by atoms with Gasteiger partial charge in [0.25, 0.3) is 0 Å². The van der Waals surface area contributed by atoms with Crippen molar-refractivity contribution in [2.45, 2.75) is 19.4 Å². The van der Waals surface area contributed by atoms with Gasteiger partial charge in [-0.2, -0.15) is 0 Å². The van der Waals surface area contributed by atoms with E-state index in [1.807, 2.05) is 6.92 Å². The van der Waals surface area contributed by atoms with E-state index in [-0.39, 0.29) is 12.0 Å². The first-order valence-electron chi connectivity index (χ1n) is 3.31. The van der Waals surface area contributed by atoms with E-state index in [4.69, 9.17) is 0 Å². The zero-order chi connectivity index (χ0) is 6.85. The molecule has 1 N–H and O–H groups in total. The highest BCUT2D eigenvalue weighted by Gasteiger charge is 2.25. The predicted octanol–water partition coefficient (Wildman–Crippen LogP) is 0.388. The van der Waals surface area contributed by atoms with E-state index in [0.717, 1.165) is 6.54 Å². The lowest BCUT2D eigenvalue weighted by molar-refractivity contribution is -0.119. The fraction of sp³-hybridized carbons (Fsp3) is 0.714. The number of ketones is 1. The Bertz CT molecular complexity index is 120. The normalized spacial score (nSPS) is 27.9. The SMILES string of the molecule is [CH2]C(C)C1NCCC1=O. The van der Waals surface area contributed by atoms with Gasteiger partial charge in [0.05, 0.1) is 6.04 Å². The first-order chi connectivity index (χ1) is 4.22. The summed E-state index contributed by atoms with van der Waals surface area (Å²) in [6.07, 6.45) is 0.685. The van der Waals surface area contributed by atoms with Crippen LogP contribution in [0.2, 0.25) is 0 Å². The summed E-state index contributed by atoms with van der Waals surface area (Å²) < 4.78 is 0. The molecule has 1 heterocycles. The summed E-state index contributed by atoms with van der Waals surface area (Å²) in [4.78, 5) is 10.9. The van der Waals surface area contributed by atoms with E-state index < -0.39 is 0 Å². The Kier molecular flexibility index (Phi) is 1.86. The second kappa shape index (κ2) is 2.48. The van der Waals surface area contributed by atoms with Crippen molar-refractivity contribution >= 4 is 5.78 Å². The van der Waals surface area contributed by atoms with Gasteiger partial charge in [0.15, 0.2) is 5.78 Å². The van der Waals surface area contributed by atoms with Gasteiger partial charge in [0.1, 0.15) is 0 Å². The van der Waals surface area contributed by atoms with E-state index in [1.54, 1.807) is 0 Å². The smallest absolute Gasteiger partial charge is 0.151 e. The lowest BCUT2D eigenvalue weighted by atomic mass is 10.0. The van der Waals surface area contributed by atoms with Crippen LogP contribution in [0.1, 0.15) is 13.3 Å². The molecule has 1 aliphatic rings. The lowest BCUT2D eigenvalue weighted by Gasteiger charge is -2.11. The topological polar surface area (TPSA) is 29.1 Å². The molecule has 0 aromatic rings. The van der Waals surface area contributed by atoms with Crippen LogP contribution in [0, 0.1) is 12.8 Å². The fourth-order valence-electron chi connectivity index (χ4n) is 1.14. The Morgan fingerprint density at radius 2 is 2.56 bits per heavy atom. The summed E-state index contributed by atoms with van der Waals surface area (Å²) in [6, 6.07) is 0.0324. The maximum absolute atomic E-state index is 10.9. The average Bonchev–Trinajstić information content (AvgIpc) is 2.13. The van der Waals surface area contributed by atoms with Crippen LogP contribution >= 0.6 is 0 Å². The molecule has 9 heavy (non-hydrogen) atoms. The van der Waals surface area contributed by atoms with Crippen LogP contribution in [0.5, 0.6) is 0 Å². The number of carbonyl (C=O) groups excluding carboxylic acids is 1.